The van der Waals surface area contributed by atoms with Crippen LogP contribution < -0.4 is 0 Å². The maximum Gasteiger partial charge on any atom is 0.194 e. The SMILES string of the molecule is O=C(c1cncc(F)c1)c1ccc(Cl)c(Br)c1. The fourth-order valence-corrected chi connectivity index (χ4v) is 1.84. The smallest absolute Gasteiger partial charge is 0.194 e. The number of nitrogens with zero attached hydrogens (tertiary/aromatic N) is 1. The summed E-state index contributed by atoms with van der Waals surface area (Å²) in [5.74, 6) is -0.835. The second kappa shape index (κ2) is 4.94. The molecule has 2 aromatic rings. The first-order valence-electron chi connectivity index (χ1n) is 4.68. The van der Waals surface area contributed by atoms with E-state index in [4.69, 9.17) is 11.6 Å². The molecular weight excluding hydrogens is 308 g/mol. The van der Waals surface area contributed by atoms with Crippen molar-refractivity contribution in [2.45, 2.75) is 0 Å². The first kappa shape index (κ1) is 12.2. The Morgan fingerprint density at radius 2 is 2.00 bits per heavy atom. The predicted molar refractivity (Wildman–Crippen MR) is 66.8 cm³/mol. The van der Waals surface area contributed by atoms with Crippen LogP contribution in [0.1, 0.15) is 15.9 Å². The molecule has 2 nitrogen and oxygen atoms in total. The van der Waals surface area contributed by atoms with Gasteiger partial charge in [0.2, 0.25) is 0 Å². The summed E-state index contributed by atoms with van der Waals surface area (Å²) >= 11 is 9.05. The second-order valence-electron chi connectivity index (χ2n) is 3.35. The van der Waals surface area contributed by atoms with Crippen molar-refractivity contribution >= 4 is 33.3 Å². The number of carbonyl (C=O) groups is 1. The van der Waals surface area contributed by atoms with Gasteiger partial charge in [0, 0.05) is 21.8 Å². The van der Waals surface area contributed by atoms with Crippen molar-refractivity contribution in [2.75, 3.05) is 0 Å². The Morgan fingerprint density at radius 3 is 2.65 bits per heavy atom. The molecule has 86 valence electrons. The van der Waals surface area contributed by atoms with E-state index < -0.39 is 5.82 Å². The molecular formula is C12H6BrClFNO. The number of halogens is 3. The van der Waals surface area contributed by atoms with Gasteiger partial charge in [-0.2, -0.15) is 0 Å². The lowest BCUT2D eigenvalue weighted by molar-refractivity contribution is 0.103. The van der Waals surface area contributed by atoms with Crippen LogP contribution in [0.3, 0.4) is 0 Å². The van der Waals surface area contributed by atoms with Gasteiger partial charge >= 0.3 is 0 Å². The highest BCUT2D eigenvalue weighted by Gasteiger charge is 2.11. The predicted octanol–water partition coefficient (Wildman–Crippen LogP) is 3.87. The molecule has 0 N–H and O–H groups in total. The van der Waals surface area contributed by atoms with E-state index in [1.165, 1.54) is 6.20 Å². The molecule has 0 aliphatic rings. The molecule has 0 radical (unpaired) electrons. The summed E-state index contributed by atoms with van der Waals surface area (Å²) in [5.41, 5.74) is 0.632. The number of hydrogen-bond acceptors (Lipinski definition) is 2. The van der Waals surface area contributed by atoms with Gasteiger partial charge < -0.3 is 0 Å². The number of hydrogen-bond donors (Lipinski definition) is 0. The number of aromatic nitrogens is 1. The summed E-state index contributed by atoms with van der Waals surface area (Å²) in [5, 5.41) is 0.513. The molecule has 0 aliphatic heterocycles. The van der Waals surface area contributed by atoms with Gasteiger partial charge in [-0.05, 0) is 40.2 Å². The van der Waals surface area contributed by atoms with Crippen LogP contribution in [0, 0.1) is 5.82 Å². The molecule has 0 saturated heterocycles. The van der Waals surface area contributed by atoms with Crippen LogP contribution in [0.5, 0.6) is 0 Å². The Hall–Kier alpha value is -1.26. The van der Waals surface area contributed by atoms with Crippen molar-refractivity contribution in [3.05, 3.63) is 63.1 Å². The molecule has 0 amide bonds. The Kier molecular flexibility index (Phi) is 3.54. The largest absolute Gasteiger partial charge is 0.289 e. The lowest BCUT2D eigenvalue weighted by atomic mass is 10.1. The highest BCUT2D eigenvalue weighted by atomic mass is 79.9. The molecule has 0 spiro atoms. The van der Waals surface area contributed by atoms with Crippen LogP contribution >= 0.6 is 27.5 Å². The average Bonchev–Trinajstić information content (AvgIpc) is 2.32. The van der Waals surface area contributed by atoms with Crippen molar-refractivity contribution in [3.8, 4) is 0 Å². The molecule has 17 heavy (non-hydrogen) atoms. The Bertz CT molecular complexity index is 588. The third-order valence-electron chi connectivity index (χ3n) is 2.15. The summed E-state index contributed by atoms with van der Waals surface area (Å²) in [6.45, 7) is 0. The molecule has 1 aromatic heterocycles. The minimum atomic E-state index is -0.538. The first-order chi connectivity index (χ1) is 8.08. The molecule has 0 atom stereocenters. The van der Waals surface area contributed by atoms with Crippen molar-refractivity contribution in [2.24, 2.45) is 0 Å². The maximum atomic E-state index is 12.9. The standard InChI is InChI=1S/C12H6BrClFNO/c13-10-4-7(1-2-11(10)14)12(17)8-3-9(15)6-16-5-8/h1-6H. The zero-order valence-corrected chi connectivity index (χ0v) is 10.8. The molecule has 0 unspecified atom stereocenters. The van der Waals surface area contributed by atoms with Crippen LogP contribution in [-0.4, -0.2) is 10.8 Å². The third kappa shape index (κ3) is 2.70. The van der Waals surface area contributed by atoms with E-state index in [1.54, 1.807) is 18.2 Å². The monoisotopic (exact) mass is 313 g/mol. The summed E-state index contributed by atoms with van der Waals surface area (Å²) in [4.78, 5) is 15.6. The third-order valence-corrected chi connectivity index (χ3v) is 3.36. The van der Waals surface area contributed by atoms with E-state index in [-0.39, 0.29) is 11.3 Å². The normalized spacial score (nSPS) is 10.3. The van der Waals surface area contributed by atoms with Crippen LogP contribution in [0.25, 0.3) is 0 Å². The van der Waals surface area contributed by atoms with E-state index in [0.717, 1.165) is 12.3 Å². The zero-order valence-electron chi connectivity index (χ0n) is 8.45. The number of ketones is 1. The lowest BCUT2D eigenvalue weighted by Crippen LogP contribution is -2.02. The molecule has 0 saturated carbocycles. The number of pyridine rings is 1. The van der Waals surface area contributed by atoms with E-state index in [9.17, 15) is 9.18 Å². The van der Waals surface area contributed by atoms with E-state index in [1.807, 2.05) is 0 Å². The zero-order chi connectivity index (χ0) is 12.4. The first-order valence-corrected chi connectivity index (χ1v) is 5.85. The van der Waals surface area contributed by atoms with Gasteiger partial charge in [-0.15, -0.1) is 0 Å². The Labute approximate surface area is 111 Å². The van der Waals surface area contributed by atoms with Crippen molar-refractivity contribution in [1.29, 1.82) is 0 Å². The molecule has 1 aromatic carbocycles. The van der Waals surface area contributed by atoms with E-state index in [0.29, 0.717) is 15.1 Å². The molecule has 0 aliphatic carbocycles. The minimum absolute atomic E-state index is 0.208. The quantitative estimate of drug-likeness (QED) is 0.788. The van der Waals surface area contributed by atoms with Crippen LogP contribution in [0.4, 0.5) is 4.39 Å². The van der Waals surface area contributed by atoms with Gasteiger partial charge in [0.1, 0.15) is 5.82 Å². The van der Waals surface area contributed by atoms with Gasteiger partial charge in [-0.25, -0.2) is 4.39 Å². The summed E-state index contributed by atoms with van der Waals surface area (Å²) in [6.07, 6.45) is 2.38. The van der Waals surface area contributed by atoms with Gasteiger partial charge in [0.05, 0.1) is 11.2 Å². The van der Waals surface area contributed by atoms with Crippen molar-refractivity contribution < 1.29 is 9.18 Å². The van der Waals surface area contributed by atoms with Crippen LogP contribution in [0.15, 0.2) is 41.1 Å². The molecule has 5 heteroatoms. The molecule has 0 bridgehead atoms. The van der Waals surface area contributed by atoms with Crippen molar-refractivity contribution in [3.63, 3.8) is 0 Å². The Morgan fingerprint density at radius 1 is 1.24 bits per heavy atom. The van der Waals surface area contributed by atoms with Gasteiger partial charge in [0.15, 0.2) is 5.78 Å². The highest BCUT2D eigenvalue weighted by Crippen LogP contribution is 2.24. The van der Waals surface area contributed by atoms with Gasteiger partial charge in [0.25, 0.3) is 0 Å². The summed E-state index contributed by atoms with van der Waals surface area (Å²) < 4.78 is 13.6. The molecule has 1 heterocycles. The summed E-state index contributed by atoms with van der Waals surface area (Å²) in [6, 6.07) is 5.93. The fraction of sp³-hybridized carbons (Fsp3) is 0. The van der Waals surface area contributed by atoms with Crippen LogP contribution in [0.2, 0.25) is 5.02 Å². The highest BCUT2D eigenvalue weighted by molar-refractivity contribution is 9.10. The van der Waals surface area contributed by atoms with Gasteiger partial charge in [-0.1, -0.05) is 11.6 Å². The van der Waals surface area contributed by atoms with E-state index >= 15 is 0 Å². The average molecular weight is 315 g/mol. The maximum absolute atomic E-state index is 12.9. The number of benzene rings is 1. The molecule has 2 rings (SSSR count). The topological polar surface area (TPSA) is 30.0 Å². The molecule has 0 fully saturated rings. The summed E-state index contributed by atoms with van der Waals surface area (Å²) in [7, 11) is 0. The van der Waals surface area contributed by atoms with Gasteiger partial charge in [-0.3, -0.25) is 9.78 Å². The van der Waals surface area contributed by atoms with Crippen molar-refractivity contribution in [1.82, 2.24) is 4.98 Å². The Balaban J connectivity index is 2.40. The second-order valence-corrected chi connectivity index (χ2v) is 4.61. The number of rotatable bonds is 2. The van der Waals surface area contributed by atoms with Crippen LogP contribution in [-0.2, 0) is 0 Å². The lowest BCUT2D eigenvalue weighted by Gasteiger charge is -2.02. The van der Waals surface area contributed by atoms with E-state index in [2.05, 4.69) is 20.9 Å². The number of carbonyl (C=O) groups excluding carboxylic acids is 1. The fourth-order valence-electron chi connectivity index (χ4n) is 1.34. The minimum Gasteiger partial charge on any atom is -0.289 e.